The Labute approximate surface area is 97.2 Å². The molecule has 0 fully saturated rings. The number of hydrogen-bond donors (Lipinski definition) is 2. The summed E-state index contributed by atoms with van der Waals surface area (Å²) in [5, 5.41) is 2.85. The Hall–Kier alpha value is -0.680. The lowest BCUT2D eigenvalue weighted by Gasteiger charge is -2.21. The van der Waals surface area contributed by atoms with Crippen LogP contribution in [0.2, 0.25) is 0 Å². The SMILES string of the molecule is CCC(C(=O)NCC(C)N(C)C)C(N)=S. The third kappa shape index (κ3) is 5.09. The number of likely N-dealkylation sites (N-methyl/N-ethyl adjacent to an activating group) is 1. The van der Waals surface area contributed by atoms with Crippen LogP contribution in [0.15, 0.2) is 0 Å². The molecule has 0 saturated carbocycles. The van der Waals surface area contributed by atoms with E-state index in [-0.39, 0.29) is 16.8 Å². The zero-order chi connectivity index (χ0) is 12.0. The molecular weight excluding hydrogens is 210 g/mol. The second kappa shape index (κ2) is 6.74. The first-order chi connectivity index (χ1) is 6.90. The normalized spacial score (nSPS) is 14.7. The minimum Gasteiger partial charge on any atom is -0.393 e. The Kier molecular flexibility index (Phi) is 6.43. The van der Waals surface area contributed by atoms with Crippen LogP contribution in [0, 0.1) is 5.92 Å². The molecule has 0 aromatic carbocycles. The summed E-state index contributed by atoms with van der Waals surface area (Å²) >= 11 is 4.83. The van der Waals surface area contributed by atoms with E-state index in [0.29, 0.717) is 19.0 Å². The van der Waals surface area contributed by atoms with Gasteiger partial charge in [-0.25, -0.2) is 0 Å². The predicted molar refractivity (Wildman–Crippen MR) is 66.7 cm³/mol. The number of nitrogens with two attached hydrogens (primary N) is 1. The molecule has 0 radical (unpaired) electrons. The maximum absolute atomic E-state index is 11.6. The van der Waals surface area contributed by atoms with Crippen LogP contribution in [-0.2, 0) is 4.79 Å². The Morgan fingerprint density at radius 3 is 2.40 bits per heavy atom. The molecule has 5 heteroatoms. The third-order valence-corrected chi connectivity index (χ3v) is 2.81. The van der Waals surface area contributed by atoms with Crippen molar-refractivity contribution in [2.75, 3.05) is 20.6 Å². The lowest BCUT2D eigenvalue weighted by Crippen LogP contribution is -2.43. The first-order valence-corrected chi connectivity index (χ1v) is 5.54. The highest BCUT2D eigenvalue weighted by Gasteiger charge is 2.19. The molecule has 0 aromatic rings. The fourth-order valence-electron chi connectivity index (χ4n) is 1.07. The Morgan fingerprint density at radius 1 is 1.53 bits per heavy atom. The standard InChI is InChI=1S/C10H21N3OS/c1-5-8(9(11)15)10(14)12-6-7(2)13(3)4/h7-8H,5-6H2,1-4H3,(H2,11,15)(H,12,14). The first kappa shape index (κ1) is 14.3. The van der Waals surface area contributed by atoms with Gasteiger partial charge in [-0.05, 0) is 27.4 Å². The van der Waals surface area contributed by atoms with Gasteiger partial charge in [0.2, 0.25) is 5.91 Å². The van der Waals surface area contributed by atoms with Crippen LogP contribution in [0.1, 0.15) is 20.3 Å². The van der Waals surface area contributed by atoms with Crippen molar-refractivity contribution in [3.63, 3.8) is 0 Å². The average molecular weight is 231 g/mol. The van der Waals surface area contributed by atoms with Gasteiger partial charge in [0.15, 0.2) is 0 Å². The molecular formula is C10H21N3OS. The van der Waals surface area contributed by atoms with Gasteiger partial charge in [-0.2, -0.15) is 0 Å². The van der Waals surface area contributed by atoms with Gasteiger partial charge in [-0.3, -0.25) is 4.79 Å². The number of nitrogens with one attached hydrogen (secondary N) is 1. The van der Waals surface area contributed by atoms with E-state index in [0.717, 1.165) is 0 Å². The topological polar surface area (TPSA) is 58.4 Å². The molecule has 1 amide bonds. The van der Waals surface area contributed by atoms with Gasteiger partial charge in [-0.1, -0.05) is 19.1 Å². The molecule has 4 nitrogen and oxygen atoms in total. The quantitative estimate of drug-likeness (QED) is 0.648. The van der Waals surface area contributed by atoms with Crippen LogP contribution >= 0.6 is 12.2 Å². The number of carbonyl (C=O) groups is 1. The van der Waals surface area contributed by atoms with Crippen molar-refractivity contribution in [2.45, 2.75) is 26.3 Å². The zero-order valence-corrected chi connectivity index (χ0v) is 10.7. The van der Waals surface area contributed by atoms with Crippen LogP contribution in [0.4, 0.5) is 0 Å². The smallest absolute Gasteiger partial charge is 0.229 e. The summed E-state index contributed by atoms with van der Waals surface area (Å²) in [6.07, 6.45) is 0.650. The van der Waals surface area contributed by atoms with Gasteiger partial charge in [-0.15, -0.1) is 0 Å². The Morgan fingerprint density at radius 2 is 2.07 bits per heavy atom. The molecule has 0 bridgehead atoms. The summed E-state index contributed by atoms with van der Waals surface area (Å²) in [4.78, 5) is 14.0. The van der Waals surface area contributed by atoms with Crippen LogP contribution in [-0.4, -0.2) is 42.5 Å². The molecule has 0 aromatic heterocycles. The summed E-state index contributed by atoms with van der Waals surface area (Å²) in [6.45, 7) is 4.56. The van der Waals surface area contributed by atoms with Crippen molar-refractivity contribution in [1.82, 2.24) is 10.2 Å². The molecule has 0 saturated heterocycles. The van der Waals surface area contributed by atoms with Crippen molar-refractivity contribution >= 4 is 23.1 Å². The summed E-state index contributed by atoms with van der Waals surface area (Å²) in [5.41, 5.74) is 5.47. The molecule has 15 heavy (non-hydrogen) atoms. The summed E-state index contributed by atoms with van der Waals surface area (Å²) in [6, 6.07) is 0.304. The highest BCUT2D eigenvalue weighted by molar-refractivity contribution is 7.80. The maximum Gasteiger partial charge on any atom is 0.229 e. The van der Waals surface area contributed by atoms with Crippen LogP contribution in [0.25, 0.3) is 0 Å². The largest absolute Gasteiger partial charge is 0.393 e. The monoisotopic (exact) mass is 231 g/mol. The summed E-state index contributed by atoms with van der Waals surface area (Å²) in [7, 11) is 3.95. The number of amides is 1. The predicted octanol–water partition coefficient (Wildman–Crippen LogP) is 0.365. The lowest BCUT2D eigenvalue weighted by atomic mass is 10.1. The van der Waals surface area contributed by atoms with E-state index in [9.17, 15) is 4.79 Å². The van der Waals surface area contributed by atoms with E-state index < -0.39 is 0 Å². The van der Waals surface area contributed by atoms with Crippen LogP contribution in [0.5, 0.6) is 0 Å². The van der Waals surface area contributed by atoms with Gasteiger partial charge < -0.3 is 16.0 Å². The lowest BCUT2D eigenvalue weighted by molar-refractivity contribution is -0.123. The molecule has 2 unspecified atom stereocenters. The molecule has 0 rings (SSSR count). The molecule has 88 valence electrons. The molecule has 0 aliphatic carbocycles. The minimum absolute atomic E-state index is 0.0706. The van der Waals surface area contributed by atoms with Gasteiger partial charge in [0.1, 0.15) is 0 Å². The summed E-state index contributed by atoms with van der Waals surface area (Å²) < 4.78 is 0. The second-order valence-electron chi connectivity index (χ2n) is 3.92. The molecule has 0 aliphatic heterocycles. The molecule has 0 heterocycles. The van der Waals surface area contributed by atoms with Crippen molar-refractivity contribution in [3.8, 4) is 0 Å². The molecule has 0 aliphatic rings. The second-order valence-corrected chi connectivity index (χ2v) is 4.39. The van der Waals surface area contributed by atoms with Gasteiger partial charge in [0.25, 0.3) is 0 Å². The highest BCUT2D eigenvalue weighted by atomic mass is 32.1. The highest BCUT2D eigenvalue weighted by Crippen LogP contribution is 2.03. The van der Waals surface area contributed by atoms with Crippen molar-refractivity contribution in [3.05, 3.63) is 0 Å². The minimum atomic E-state index is -0.339. The van der Waals surface area contributed by atoms with E-state index in [1.165, 1.54) is 0 Å². The summed E-state index contributed by atoms with van der Waals surface area (Å²) in [5.74, 6) is -0.409. The molecule has 3 N–H and O–H groups in total. The first-order valence-electron chi connectivity index (χ1n) is 5.13. The Bertz CT molecular complexity index is 231. The van der Waals surface area contributed by atoms with Crippen molar-refractivity contribution in [2.24, 2.45) is 11.7 Å². The van der Waals surface area contributed by atoms with E-state index >= 15 is 0 Å². The zero-order valence-electron chi connectivity index (χ0n) is 9.91. The van der Waals surface area contributed by atoms with E-state index in [2.05, 4.69) is 5.32 Å². The van der Waals surface area contributed by atoms with Gasteiger partial charge in [0, 0.05) is 12.6 Å². The average Bonchev–Trinajstić information content (AvgIpc) is 2.14. The number of carbonyl (C=O) groups excluding carboxylic acids is 1. The number of rotatable bonds is 6. The van der Waals surface area contributed by atoms with E-state index in [1.807, 2.05) is 32.8 Å². The van der Waals surface area contributed by atoms with Crippen LogP contribution < -0.4 is 11.1 Å². The molecule has 2 atom stereocenters. The third-order valence-electron chi connectivity index (χ3n) is 2.52. The van der Waals surface area contributed by atoms with Gasteiger partial charge in [0.05, 0.1) is 10.9 Å². The van der Waals surface area contributed by atoms with Crippen LogP contribution in [0.3, 0.4) is 0 Å². The van der Waals surface area contributed by atoms with E-state index in [4.69, 9.17) is 18.0 Å². The van der Waals surface area contributed by atoms with Crippen molar-refractivity contribution in [1.29, 1.82) is 0 Å². The molecule has 0 spiro atoms. The van der Waals surface area contributed by atoms with E-state index in [1.54, 1.807) is 0 Å². The number of hydrogen-bond acceptors (Lipinski definition) is 3. The van der Waals surface area contributed by atoms with Crippen molar-refractivity contribution < 1.29 is 4.79 Å². The fraction of sp³-hybridized carbons (Fsp3) is 0.800. The maximum atomic E-state index is 11.6. The fourth-order valence-corrected chi connectivity index (χ4v) is 1.34. The van der Waals surface area contributed by atoms with Gasteiger partial charge >= 0.3 is 0 Å². The number of nitrogens with zero attached hydrogens (tertiary/aromatic N) is 1. The Balaban J connectivity index is 4.07. The number of thiocarbonyl (C=S) groups is 1.